The highest BCUT2D eigenvalue weighted by molar-refractivity contribution is 5.98. The summed E-state index contributed by atoms with van der Waals surface area (Å²) in [7, 11) is 1.71. The quantitative estimate of drug-likeness (QED) is 0.0559. The number of nitrogens with zero attached hydrogens (tertiary/aromatic N) is 4. The van der Waals surface area contributed by atoms with Crippen LogP contribution in [0.25, 0.3) is 11.1 Å². The summed E-state index contributed by atoms with van der Waals surface area (Å²) in [5, 5.41) is 14.8. The molecule has 4 aliphatic rings. The fourth-order valence-corrected chi connectivity index (χ4v) is 12.3. The highest BCUT2D eigenvalue weighted by Gasteiger charge is 2.46. The van der Waals surface area contributed by atoms with Gasteiger partial charge in [0.25, 0.3) is 11.8 Å². The fourth-order valence-electron chi connectivity index (χ4n) is 12.3. The van der Waals surface area contributed by atoms with Gasteiger partial charge in [-0.25, -0.2) is 0 Å². The molecule has 4 fully saturated rings. The number of carbonyl (C=O) groups excluding carboxylic acids is 8. The smallest absolute Gasteiger partial charge is 0.251 e. The Balaban J connectivity index is 0.890. The number of ether oxygens (including phenoxy) is 2. The molecule has 19 nitrogen and oxygen atoms in total. The zero-order chi connectivity index (χ0) is 61.3. The van der Waals surface area contributed by atoms with E-state index in [1.54, 1.807) is 91.0 Å². The van der Waals surface area contributed by atoms with Crippen LogP contribution in [-0.2, 0) is 51.1 Å². The highest BCUT2D eigenvalue weighted by Crippen LogP contribution is 2.32. The first-order chi connectivity index (χ1) is 41.5. The first-order valence-corrected chi connectivity index (χ1v) is 31.0. The Bertz CT molecular complexity index is 2920. The topological polar surface area (TPSA) is 228 Å². The van der Waals surface area contributed by atoms with Gasteiger partial charge in [-0.2, -0.15) is 0 Å². The maximum absolute atomic E-state index is 14.7. The molecule has 1 unspecified atom stereocenters. The third kappa shape index (κ3) is 16.9. The fraction of sp³-hybridized carbons (Fsp3) is 0.522. The maximum atomic E-state index is 14.7. The molecule has 8 rings (SSSR count). The minimum absolute atomic E-state index is 0.0707. The summed E-state index contributed by atoms with van der Waals surface area (Å²) in [5.41, 5.74) is 4.34. The molecule has 7 atom stereocenters. The van der Waals surface area contributed by atoms with Crippen molar-refractivity contribution in [3.63, 3.8) is 0 Å². The van der Waals surface area contributed by atoms with Crippen molar-refractivity contribution in [1.29, 1.82) is 0 Å². The second-order valence-electron chi connectivity index (χ2n) is 24.0. The van der Waals surface area contributed by atoms with Crippen LogP contribution in [-0.4, -0.2) is 176 Å². The van der Waals surface area contributed by atoms with E-state index in [2.05, 4.69) is 33.5 Å². The molecule has 4 aromatic carbocycles. The van der Waals surface area contributed by atoms with Crippen LogP contribution in [0.15, 0.2) is 109 Å². The monoisotopic (exact) mass is 1180 g/mol. The molecule has 0 spiro atoms. The van der Waals surface area contributed by atoms with Gasteiger partial charge in [0.2, 0.25) is 35.4 Å². The molecule has 86 heavy (non-hydrogen) atoms. The summed E-state index contributed by atoms with van der Waals surface area (Å²) in [6.07, 6.45) is 4.49. The second-order valence-corrected chi connectivity index (χ2v) is 24.0. The van der Waals surface area contributed by atoms with Gasteiger partial charge in [0, 0.05) is 76.2 Å². The van der Waals surface area contributed by atoms with Crippen molar-refractivity contribution in [2.45, 2.75) is 116 Å². The van der Waals surface area contributed by atoms with Crippen LogP contribution in [0, 0.1) is 29.6 Å². The van der Waals surface area contributed by atoms with Gasteiger partial charge in [-0.15, -0.1) is 0 Å². The van der Waals surface area contributed by atoms with E-state index in [9.17, 15) is 38.4 Å². The van der Waals surface area contributed by atoms with E-state index in [-0.39, 0.29) is 90.7 Å². The molecular weight excluding hydrogens is 1090 g/mol. The Morgan fingerprint density at radius 2 is 1.00 bits per heavy atom. The number of benzene rings is 4. The molecule has 0 saturated carbocycles. The van der Waals surface area contributed by atoms with Crippen LogP contribution < -0.4 is 26.6 Å². The van der Waals surface area contributed by atoms with Gasteiger partial charge >= 0.3 is 0 Å². The van der Waals surface area contributed by atoms with Crippen molar-refractivity contribution in [2.75, 3.05) is 79.3 Å². The molecule has 0 bridgehead atoms. The lowest BCUT2D eigenvalue weighted by molar-refractivity contribution is -0.149. The molecule has 462 valence electrons. The van der Waals surface area contributed by atoms with E-state index in [4.69, 9.17) is 9.47 Å². The van der Waals surface area contributed by atoms with Gasteiger partial charge in [-0.3, -0.25) is 38.4 Å². The average molecular weight is 1180 g/mol. The van der Waals surface area contributed by atoms with Gasteiger partial charge in [0.05, 0.1) is 25.2 Å². The van der Waals surface area contributed by atoms with Gasteiger partial charge in [-0.05, 0) is 136 Å². The Morgan fingerprint density at radius 3 is 1.50 bits per heavy atom. The molecular formula is C67H89N9O10. The number of hydrogen-bond donors (Lipinski definition) is 5. The van der Waals surface area contributed by atoms with Crippen molar-refractivity contribution in [2.24, 2.45) is 29.6 Å². The second kappa shape index (κ2) is 31.2. The Hall–Kier alpha value is -7.48. The molecule has 0 aromatic heterocycles. The lowest BCUT2D eigenvalue weighted by Gasteiger charge is -2.40. The largest absolute Gasteiger partial charge is 0.381 e. The molecule has 8 amide bonds. The van der Waals surface area contributed by atoms with E-state index in [1.807, 2.05) is 72.5 Å². The Kier molecular flexibility index (Phi) is 23.4. The first kappa shape index (κ1) is 64.5. The summed E-state index contributed by atoms with van der Waals surface area (Å²) in [6.45, 7) is 12.8. The molecule has 19 heteroatoms. The van der Waals surface area contributed by atoms with Crippen LogP contribution in [0.4, 0.5) is 0 Å². The van der Waals surface area contributed by atoms with Crippen molar-refractivity contribution >= 4 is 47.3 Å². The lowest BCUT2D eigenvalue weighted by Crippen LogP contribution is -2.60. The summed E-state index contributed by atoms with van der Waals surface area (Å²) in [4.78, 5) is 119. The van der Waals surface area contributed by atoms with Crippen LogP contribution in [0.2, 0.25) is 0 Å². The van der Waals surface area contributed by atoms with Crippen molar-refractivity contribution in [3.05, 3.63) is 131 Å². The molecule has 4 saturated heterocycles. The Morgan fingerprint density at radius 1 is 0.547 bits per heavy atom. The third-order valence-electron chi connectivity index (χ3n) is 17.9. The van der Waals surface area contributed by atoms with E-state index in [0.29, 0.717) is 109 Å². The van der Waals surface area contributed by atoms with Crippen LogP contribution >= 0.6 is 0 Å². The summed E-state index contributed by atoms with van der Waals surface area (Å²) in [6, 6.07) is 31.3. The summed E-state index contributed by atoms with van der Waals surface area (Å²) in [5.74, 6) is -2.81. The third-order valence-corrected chi connectivity index (χ3v) is 17.9. The first-order valence-electron chi connectivity index (χ1n) is 31.0. The van der Waals surface area contributed by atoms with E-state index >= 15 is 0 Å². The van der Waals surface area contributed by atoms with E-state index in [0.717, 1.165) is 28.7 Å². The molecule has 5 N–H and O–H groups in total. The summed E-state index contributed by atoms with van der Waals surface area (Å²) >= 11 is 0. The average Bonchev–Trinajstić information content (AvgIpc) is 2.24. The van der Waals surface area contributed by atoms with E-state index in [1.165, 1.54) is 0 Å². The molecule has 0 radical (unpaired) electrons. The summed E-state index contributed by atoms with van der Waals surface area (Å²) < 4.78 is 11.2. The lowest BCUT2D eigenvalue weighted by atomic mass is 9.90. The van der Waals surface area contributed by atoms with Crippen LogP contribution in [0.1, 0.15) is 105 Å². The maximum Gasteiger partial charge on any atom is 0.251 e. The SMILES string of the molecule is CN[C@@H](C)C(=O)N[C@H](C(=O)N1CC[C@H](C)[C@H]1CN(CCc1ccccc1)C(=O)CNC(=O)c1ccc(-c2ccc(C(=O)NCC(=O)N(CCc3ccccc3)C3[C@@H](C)CCN3C(=O)[C@@H](NC(=O)C(C)C)C3CCOCC3)cc2)cc1)C1CCOCC1. The van der Waals surface area contributed by atoms with Crippen molar-refractivity contribution in [1.82, 2.24) is 46.2 Å². The molecule has 4 aliphatic heterocycles. The minimum atomic E-state index is -0.757. The number of likely N-dealkylation sites (N-methyl/N-ethyl adjacent to an activating group) is 1. The highest BCUT2D eigenvalue weighted by atomic mass is 16.5. The van der Waals surface area contributed by atoms with Gasteiger partial charge in [0.15, 0.2) is 0 Å². The number of likely N-dealkylation sites (tertiary alicyclic amines) is 2. The number of carbonyl (C=O) groups is 8. The number of rotatable bonds is 25. The van der Waals surface area contributed by atoms with Gasteiger partial charge < -0.3 is 55.7 Å². The van der Waals surface area contributed by atoms with Gasteiger partial charge in [-0.1, -0.05) is 113 Å². The predicted octanol–water partition coefficient (Wildman–Crippen LogP) is 5.47. The molecule has 0 aliphatic carbocycles. The molecule has 4 aromatic rings. The van der Waals surface area contributed by atoms with Gasteiger partial charge in [0.1, 0.15) is 18.2 Å². The van der Waals surface area contributed by atoms with Crippen molar-refractivity contribution in [3.8, 4) is 11.1 Å². The number of hydrogen-bond acceptors (Lipinski definition) is 11. The van der Waals surface area contributed by atoms with Crippen LogP contribution in [0.5, 0.6) is 0 Å². The van der Waals surface area contributed by atoms with Crippen LogP contribution in [0.3, 0.4) is 0 Å². The predicted molar refractivity (Wildman–Crippen MR) is 328 cm³/mol. The zero-order valence-corrected chi connectivity index (χ0v) is 51.0. The standard InChI is InChI=1S/C67H89N9O10/c1-44(2)61(79)71-60(53-31-39-86-40-32-53)67(84)76-35-26-46(4)65(76)75(36-28-49-15-11-8-12-16-49)58(78)42-70-64(82)55-23-19-51(20-24-55)50-17-21-54(22-18-50)63(81)69-41-57(77)73(33-27-48-13-9-7-10-14-48)43-56-45(3)25-34-74(56)66(83)59(52-29-37-85-38-30-52)72-62(80)47(5)68-6/h7-24,44-47,52-53,56,59-60,65,68H,25-43H2,1-6H3,(H,69,81)(H,70,82)(H,71,79)(H,72,80)/t45-,46-,47-,56+,59-,60-,65?/m0/s1. The minimum Gasteiger partial charge on any atom is -0.381 e. The normalized spacial score (nSPS) is 20.1. The molecule has 4 heterocycles. The number of amides is 8. The number of nitrogens with one attached hydrogen (secondary N) is 5. The zero-order valence-electron chi connectivity index (χ0n) is 51.0. The van der Waals surface area contributed by atoms with Crippen molar-refractivity contribution < 1.29 is 47.8 Å². The Labute approximate surface area is 507 Å². The van der Waals surface area contributed by atoms with E-state index < -0.39 is 36.1 Å².